The highest BCUT2D eigenvalue weighted by Gasteiger charge is 2.19. The van der Waals surface area contributed by atoms with Gasteiger partial charge in [-0.3, -0.25) is 4.79 Å². The summed E-state index contributed by atoms with van der Waals surface area (Å²) in [7, 11) is 1.24. The molecule has 19 heavy (non-hydrogen) atoms. The van der Waals surface area contributed by atoms with Crippen molar-refractivity contribution in [3.63, 3.8) is 0 Å². The molecule has 1 aromatic carbocycles. The van der Waals surface area contributed by atoms with Gasteiger partial charge >= 0.3 is 5.97 Å². The molecule has 0 bridgehead atoms. The first-order chi connectivity index (χ1) is 8.99. The SMILES string of the molecule is CCNc1cc(F)ccc1C(=O)NC(C)C(=O)OC. The van der Waals surface area contributed by atoms with Crippen molar-refractivity contribution in [2.45, 2.75) is 19.9 Å². The van der Waals surface area contributed by atoms with Crippen LogP contribution in [0.15, 0.2) is 18.2 Å². The lowest BCUT2D eigenvalue weighted by Gasteiger charge is -2.14. The van der Waals surface area contributed by atoms with Crippen LogP contribution < -0.4 is 10.6 Å². The maximum atomic E-state index is 13.1. The van der Waals surface area contributed by atoms with Crippen molar-refractivity contribution in [1.29, 1.82) is 0 Å². The summed E-state index contributed by atoms with van der Waals surface area (Å²) >= 11 is 0. The van der Waals surface area contributed by atoms with Crippen molar-refractivity contribution < 1.29 is 18.7 Å². The van der Waals surface area contributed by atoms with E-state index in [2.05, 4.69) is 15.4 Å². The molecule has 1 unspecified atom stereocenters. The Kier molecular flexibility index (Phi) is 5.29. The molecule has 1 aromatic rings. The van der Waals surface area contributed by atoms with E-state index in [0.29, 0.717) is 12.2 Å². The zero-order valence-electron chi connectivity index (χ0n) is 11.1. The fourth-order valence-electron chi connectivity index (χ4n) is 1.56. The van der Waals surface area contributed by atoms with Gasteiger partial charge in [-0.1, -0.05) is 0 Å². The fraction of sp³-hybridized carbons (Fsp3) is 0.385. The van der Waals surface area contributed by atoms with Crippen LogP contribution in [-0.2, 0) is 9.53 Å². The van der Waals surface area contributed by atoms with Crippen LogP contribution in [0.25, 0.3) is 0 Å². The molecule has 104 valence electrons. The van der Waals surface area contributed by atoms with E-state index in [1.165, 1.54) is 32.2 Å². The van der Waals surface area contributed by atoms with Gasteiger partial charge in [-0.15, -0.1) is 0 Å². The number of ether oxygens (including phenoxy) is 1. The summed E-state index contributed by atoms with van der Waals surface area (Å²) in [6, 6.07) is 3.03. The molecule has 6 heteroatoms. The molecule has 0 aromatic heterocycles. The standard InChI is InChI=1S/C13H17FN2O3/c1-4-15-11-7-9(14)5-6-10(11)12(17)16-8(2)13(18)19-3/h5-8,15H,4H2,1-3H3,(H,16,17). The van der Waals surface area contributed by atoms with Gasteiger partial charge in [-0.2, -0.15) is 0 Å². The van der Waals surface area contributed by atoms with Crippen LogP contribution in [0.3, 0.4) is 0 Å². The van der Waals surface area contributed by atoms with Crippen LogP contribution in [0.5, 0.6) is 0 Å². The summed E-state index contributed by atoms with van der Waals surface area (Å²) in [5, 5.41) is 5.39. The molecule has 0 saturated carbocycles. The topological polar surface area (TPSA) is 67.4 Å². The van der Waals surface area contributed by atoms with Crippen molar-refractivity contribution in [3.8, 4) is 0 Å². The first kappa shape index (κ1) is 14.9. The summed E-state index contributed by atoms with van der Waals surface area (Å²) in [6.45, 7) is 3.90. The monoisotopic (exact) mass is 268 g/mol. The molecule has 0 aliphatic carbocycles. The Labute approximate surface area is 111 Å². The Bertz CT molecular complexity index is 477. The molecule has 0 radical (unpaired) electrons. The molecular formula is C13H17FN2O3. The van der Waals surface area contributed by atoms with E-state index >= 15 is 0 Å². The summed E-state index contributed by atoms with van der Waals surface area (Å²) in [4.78, 5) is 23.2. The quantitative estimate of drug-likeness (QED) is 0.795. The Morgan fingerprint density at radius 2 is 2.11 bits per heavy atom. The summed E-state index contributed by atoms with van der Waals surface area (Å²) in [5.74, 6) is -1.44. The predicted octanol–water partition coefficient (Wildman–Crippen LogP) is 1.55. The third kappa shape index (κ3) is 3.94. The maximum Gasteiger partial charge on any atom is 0.328 e. The van der Waals surface area contributed by atoms with E-state index in [1.807, 2.05) is 6.92 Å². The van der Waals surface area contributed by atoms with E-state index in [9.17, 15) is 14.0 Å². The van der Waals surface area contributed by atoms with Crippen LogP contribution in [0.1, 0.15) is 24.2 Å². The molecule has 1 amide bonds. The van der Waals surface area contributed by atoms with Gasteiger partial charge in [0.15, 0.2) is 0 Å². The highest BCUT2D eigenvalue weighted by Crippen LogP contribution is 2.17. The van der Waals surface area contributed by atoms with Crippen molar-refractivity contribution in [1.82, 2.24) is 5.32 Å². The lowest BCUT2D eigenvalue weighted by molar-refractivity contribution is -0.142. The number of carbonyl (C=O) groups is 2. The van der Waals surface area contributed by atoms with Gasteiger partial charge in [0.05, 0.1) is 12.7 Å². The number of anilines is 1. The molecule has 0 aliphatic heterocycles. The normalized spacial score (nSPS) is 11.6. The van der Waals surface area contributed by atoms with Crippen molar-refractivity contribution in [2.24, 2.45) is 0 Å². The van der Waals surface area contributed by atoms with E-state index in [0.717, 1.165) is 0 Å². The van der Waals surface area contributed by atoms with Gasteiger partial charge in [-0.25, -0.2) is 9.18 Å². The third-order valence-electron chi connectivity index (χ3n) is 2.50. The number of halogens is 1. The first-order valence-corrected chi connectivity index (χ1v) is 5.91. The molecule has 5 nitrogen and oxygen atoms in total. The Morgan fingerprint density at radius 1 is 1.42 bits per heavy atom. The lowest BCUT2D eigenvalue weighted by atomic mass is 10.1. The summed E-state index contributed by atoms with van der Waals surface area (Å²) in [5.41, 5.74) is 0.663. The van der Waals surface area contributed by atoms with E-state index in [1.54, 1.807) is 0 Å². The first-order valence-electron chi connectivity index (χ1n) is 5.91. The van der Waals surface area contributed by atoms with Crippen LogP contribution in [0.4, 0.5) is 10.1 Å². The number of carbonyl (C=O) groups excluding carboxylic acids is 2. The second-order valence-electron chi connectivity index (χ2n) is 3.94. The van der Waals surface area contributed by atoms with Gasteiger partial charge < -0.3 is 15.4 Å². The Morgan fingerprint density at radius 3 is 2.68 bits per heavy atom. The van der Waals surface area contributed by atoms with Crippen molar-refractivity contribution >= 4 is 17.6 Å². The molecule has 1 atom stereocenters. The molecule has 0 saturated heterocycles. The van der Waals surface area contributed by atoms with Crippen LogP contribution in [0.2, 0.25) is 0 Å². The number of esters is 1. The fourth-order valence-corrected chi connectivity index (χ4v) is 1.56. The van der Waals surface area contributed by atoms with Crippen molar-refractivity contribution in [3.05, 3.63) is 29.6 Å². The largest absolute Gasteiger partial charge is 0.467 e. The molecule has 0 heterocycles. The maximum absolute atomic E-state index is 13.1. The minimum atomic E-state index is -0.767. The van der Waals surface area contributed by atoms with E-state index < -0.39 is 23.7 Å². The minimum Gasteiger partial charge on any atom is -0.467 e. The van der Waals surface area contributed by atoms with Gasteiger partial charge in [0.25, 0.3) is 5.91 Å². The summed E-state index contributed by atoms with van der Waals surface area (Å²) < 4.78 is 17.6. The highest BCUT2D eigenvalue weighted by atomic mass is 19.1. The van der Waals surface area contributed by atoms with Gasteiger partial charge in [0, 0.05) is 12.2 Å². The third-order valence-corrected chi connectivity index (χ3v) is 2.50. The number of hydrogen-bond donors (Lipinski definition) is 2. The molecule has 0 spiro atoms. The molecule has 0 fully saturated rings. The average Bonchev–Trinajstić information content (AvgIpc) is 2.38. The van der Waals surface area contributed by atoms with Crippen LogP contribution in [-0.4, -0.2) is 31.6 Å². The van der Waals surface area contributed by atoms with Gasteiger partial charge in [0.1, 0.15) is 11.9 Å². The second kappa shape index (κ2) is 6.72. The Hall–Kier alpha value is -2.11. The lowest BCUT2D eigenvalue weighted by Crippen LogP contribution is -2.39. The second-order valence-corrected chi connectivity index (χ2v) is 3.94. The van der Waals surface area contributed by atoms with E-state index in [-0.39, 0.29) is 5.56 Å². The van der Waals surface area contributed by atoms with Gasteiger partial charge in [-0.05, 0) is 32.0 Å². The van der Waals surface area contributed by atoms with Crippen molar-refractivity contribution in [2.75, 3.05) is 19.0 Å². The zero-order chi connectivity index (χ0) is 14.4. The number of nitrogens with one attached hydrogen (secondary N) is 2. The van der Waals surface area contributed by atoms with Crippen LogP contribution >= 0.6 is 0 Å². The number of benzene rings is 1. The minimum absolute atomic E-state index is 0.277. The summed E-state index contributed by atoms with van der Waals surface area (Å²) in [6.07, 6.45) is 0. The molecule has 2 N–H and O–H groups in total. The average molecular weight is 268 g/mol. The number of rotatable bonds is 5. The van der Waals surface area contributed by atoms with Crippen LogP contribution in [0, 0.1) is 5.82 Å². The molecule has 1 rings (SSSR count). The number of amides is 1. The molecule has 0 aliphatic rings. The van der Waals surface area contributed by atoms with Gasteiger partial charge in [0.2, 0.25) is 0 Å². The highest BCUT2D eigenvalue weighted by molar-refractivity contribution is 6.01. The smallest absolute Gasteiger partial charge is 0.328 e. The zero-order valence-corrected chi connectivity index (χ0v) is 11.1. The van der Waals surface area contributed by atoms with E-state index in [4.69, 9.17) is 0 Å². The molecular weight excluding hydrogens is 251 g/mol. The number of hydrogen-bond acceptors (Lipinski definition) is 4. The predicted molar refractivity (Wildman–Crippen MR) is 69.5 cm³/mol. The number of methoxy groups -OCH3 is 1. The Balaban J connectivity index is 2.90.